The molecule has 0 aromatic heterocycles. The quantitative estimate of drug-likeness (QED) is 0.713. The highest BCUT2D eigenvalue weighted by Gasteiger charge is 2.40. The van der Waals surface area contributed by atoms with Gasteiger partial charge in [0.15, 0.2) is 9.84 Å². The van der Waals surface area contributed by atoms with E-state index in [1.54, 1.807) is 12.1 Å². The molecule has 27 heavy (non-hydrogen) atoms. The fourth-order valence-corrected chi connectivity index (χ4v) is 8.14. The Bertz CT molecular complexity index is 840. The minimum atomic E-state index is -3.72. The number of hydrogen-bond donors (Lipinski definition) is 0. The van der Waals surface area contributed by atoms with Gasteiger partial charge in [0.05, 0.1) is 16.4 Å². The first-order valence-corrected chi connectivity index (χ1v) is 13.3. The third-order valence-electron chi connectivity index (χ3n) is 6.13. The van der Waals surface area contributed by atoms with Crippen LogP contribution < -0.4 is 0 Å². The van der Waals surface area contributed by atoms with Gasteiger partial charge in [0.25, 0.3) is 0 Å². The molecule has 1 aliphatic heterocycles. The lowest BCUT2D eigenvalue weighted by atomic mass is 9.84. The van der Waals surface area contributed by atoms with Gasteiger partial charge in [0, 0.05) is 12.1 Å². The predicted octanol–water partition coefficient (Wildman–Crippen LogP) is 3.71. The van der Waals surface area contributed by atoms with Crippen LogP contribution in [0.2, 0.25) is 0 Å². The Morgan fingerprint density at radius 1 is 1.07 bits per heavy atom. The second-order valence-corrected chi connectivity index (χ2v) is 12.1. The monoisotopic (exact) mass is 413 g/mol. The van der Waals surface area contributed by atoms with E-state index in [-0.39, 0.29) is 22.4 Å². The Labute approximate surface area is 164 Å². The molecular formula is C20H31NO4S2. The van der Waals surface area contributed by atoms with Gasteiger partial charge in [-0.15, -0.1) is 0 Å². The molecule has 2 atom stereocenters. The zero-order valence-corrected chi connectivity index (χ0v) is 17.9. The maximum atomic E-state index is 13.3. The lowest BCUT2D eigenvalue weighted by Crippen LogP contribution is -2.46. The van der Waals surface area contributed by atoms with E-state index in [2.05, 4.69) is 0 Å². The van der Waals surface area contributed by atoms with Crippen molar-refractivity contribution in [2.24, 2.45) is 0 Å². The highest BCUT2D eigenvalue weighted by molar-refractivity contribution is 7.92. The van der Waals surface area contributed by atoms with Gasteiger partial charge >= 0.3 is 0 Å². The summed E-state index contributed by atoms with van der Waals surface area (Å²) in [5.74, 6) is 0.526. The van der Waals surface area contributed by atoms with Gasteiger partial charge in [-0.1, -0.05) is 38.3 Å². The molecule has 7 heteroatoms. The normalized spacial score (nSPS) is 24.9. The van der Waals surface area contributed by atoms with Gasteiger partial charge in [-0.3, -0.25) is 0 Å². The van der Waals surface area contributed by atoms with Crippen LogP contribution in [0.4, 0.5) is 0 Å². The van der Waals surface area contributed by atoms with E-state index >= 15 is 0 Å². The third kappa shape index (κ3) is 4.57. The Kier molecular flexibility index (Phi) is 6.33. The van der Waals surface area contributed by atoms with Crippen molar-refractivity contribution in [2.45, 2.75) is 81.7 Å². The lowest BCUT2D eigenvalue weighted by Gasteiger charge is -2.32. The highest BCUT2D eigenvalue weighted by atomic mass is 32.2. The number of nitrogens with zero attached hydrogens (tertiary/aromatic N) is 1. The van der Waals surface area contributed by atoms with Crippen LogP contribution in [0.3, 0.4) is 0 Å². The Morgan fingerprint density at radius 3 is 2.22 bits per heavy atom. The van der Waals surface area contributed by atoms with Crippen LogP contribution in [0.5, 0.6) is 0 Å². The molecule has 0 N–H and O–H groups in total. The summed E-state index contributed by atoms with van der Waals surface area (Å²) in [6, 6.07) is 6.61. The molecule has 1 heterocycles. The first-order chi connectivity index (χ1) is 12.7. The molecule has 1 aromatic rings. The summed E-state index contributed by atoms with van der Waals surface area (Å²) < 4.78 is 52.0. The average molecular weight is 414 g/mol. The predicted molar refractivity (Wildman–Crippen MR) is 108 cm³/mol. The van der Waals surface area contributed by atoms with Crippen LogP contribution in [-0.2, 0) is 19.9 Å². The van der Waals surface area contributed by atoms with Crippen LogP contribution >= 0.6 is 0 Å². The summed E-state index contributed by atoms with van der Waals surface area (Å²) in [6.45, 7) is 3.79. The van der Waals surface area contributed by atoms with Crippen LogP contribution in [-0.4, -0.2) is 44.7 Å². The van der Waals surface area contributed by atoms with Crippen molar-refractivity contribution >= 4 is 19.9 Å². The standard InChI is InChI=1S/C20H31NO4S2/c1-3-16(2)21(19-13-14-26(22,23)15-19)27(24,25)20-11-9-18(10-12-20)17-7-5-4-6-8-17/h9-12,16-17,19H,3-8,13-15H2,1-2H3/t16-,19+/m0/s1. The van der Waals surface area contributed by atoms with E-state index in [4.69, 9.17) is 0 Å². The molecule has 0 amide bonds. The topological polar surface area (TPSA) is 71.5 Å². The molecule has 0 bridgehead atoms. The molecule has 2 aliphatic rings. The molecule has 1 aromatic carbocycles. The van der Waals surface area contributed by atoms with E-state index in [0.29, 0.717) is 18.8 Å². The number of sulfone groups is 1. The molecule has 152 valence electrons. The molecule has 2 fully saturated rings. The summed E-state index contributed by atoms with van der Waals surface area (Å²) in [6.07, 6.45) is 7.14. The maximum Gasteiger partial charge on any atom is 0.243 e. The van der Waals surface area contributed by atoms with Gasteiger partial charge in [-0.05, 0) is 56.2 Å². The van der Waals surface area contributed by atoms with E-state index in [9.17, 15) is 16.8 Å². The van der Waals surface area contributed by atoms with Crippen molar-refractivity contribution in [3.05, 3.63) is 29.8 Å². The van der Waals surface area contributed by atoms with Crippen molar-refractivity contribution in [1.82, 2.24) is 4.31 Å². The van der Waals surface area contributed by atoms with Crippen molar-refractivity contribution in [1.29, 1.82) is 0 Å². The van der Waals surface area contributed by atoms with Crippen molar-refractivity contribution < 1.29 is 16.8 Å². The number of hydrogen-bond acceptors (Lipinski definition) is 4. The average Bonchev–Trinajstić information content (AvgIpc) is 3.01. The third-order valence-corrected chi connectivity index (χ3v) is 9.96. The van der Waals surface area contributed by atoms with Crippen LogP contribution in [0, 0.1) is 0 Å². The molecule has 3 rings (SSSR count). The molecule has 0 unspecified atom stereocenters. The fourth-order valence-electron chi connectivity index (χ4n) is 4.42. The van der Waals surface area contributed by atoms with E-state index in [0.717, 1.165) is 0 Å². The number of rotatable bonds is 6. The van der Waals surface area contributed by atoms with Crippen LogP contribution in [0.1, 0.15) is 70.3 Å². The first kappa shape index (κ1) is 20.8. The fraction of sp³-hybridized carbons (Fsp3) is 0.700. The highest BCUT2D eigenvalue weighted by Crippen LogP contribution is 2.34. The largest absolute Gasteiger partial charge is 0.243 e. The van der Waals surface area contributed by atoms with Gasteiger partial charge in [-0.25, -0.2) is 16.8 Å². The molecule has 1 saturated heterocycles. The number of benzene rings is 1. The van der Waals surface area contributed by atoms with Gasteiger partial charge < -0.3 is 0 Å². The summed E-state index contributed by atoms with van der Waals surface area (Å²) in [5.41, 5.74) is 1.21. The Hall–Kier alpha value is -0.920. The second kappa shape index (κ2) is 8.21. The first-order valence-electron chi connectivity index (χ1n) is 10.1. The number of sulfonamides is 1. The maximum absolute atomic E-state index is 13.3. The lowest BCUT2D eigenvalue weighted by molar-refractivity contribution is 0.271. The van der Waals surface area contributed by atoms with Gasteiger partial charge in [0.2, 0.25) is 10.0 Å². The second-order valence-electron chi connectivity index (χ2n) is 8.05. The summed E-state index contributed by atoms with van der Waals surface area (Å²) in [5, 5.41) is 0. The van der Waals surface area contributed by atoms with Crippen LogP contribution in [0.25, 0.3) is 0 Å². The molecule has 5 nitrogen and oxygen atoms in total. The van der Waals surface area contributed by atoms with Crippen molar-refractivity contribution in [3.63, 3.8) is 0 Å². The molecular weight excluding hydrogens is 382 g/mol. The zero-order chi connectivity index (χ0) is 19.7. The molecule has 1 saturated carbocycles. The van der Waals surface area contributed by atoms with E-state index in [1.165, 1.54) is 42.0 Å². The molecule has 1 aliphatic carbocycles. The van der Waals surface area contributed by atoms with E-state index in [1.807, 2.05) is 26.0 Å². The summed E-state index contributed by atoms with van der Waals surface area (Å²) in [4.78, 5) is 0.270. The van der Waals surface area contributed by atoms with Crippen molar-refractivity contribution in [3.8, 4) is 0 Å². The smallest absolute Gasteiger partial charge is 0.229 e. The van der Waals surface area contributed by atoms with Gasteiger partial charge in [-0.2, -0.15) is 4.31 Å². The van der Waals surface area contributed by atoms with E-state index < -0.39 is 25.9 Å². The SMILES string of the molecule is CC[C@H](C)N([C@@H]1CCS(=O)(=O)C1)S(=O)(=O)c1ccc(C2CCCCC2)cc1. The minimum absolute atomic E-state index is 0.0702. The zero-order valence-electron chi connectivity index (χ0n) is 16.3. The Morgan fingerprint density at radius 2 is 1.70 bits per heavy atom. The minimum Gasteiger partial charge on any atom is -0.229 e. The molecule has 0 spiro atoms. The molecule has 0 radical (unpaired) electrons. The van der Waals surface area contributed by atoms with Crippen LogP contribution in [0.15, 0.2) is 29.2 Å². The Balaban J connectivity index is 1.87. The van der Waals surface area contributed by atoms with Crippen molar-refractivity contribution in [2.75, 3.05) is 11.5 Å². The summed E-state index contributed by atoms with van der Waals surface area (Å²) >= 11 is 0. The van der Waals surface area contributed by atoms with Gasteiger partial charge in [0.1, 0.15) is 0 Å². The summed E-state index contributed by atoms with van der Waals surface area (Å²) in [7, 11) is -6.88.